The molecule has 0 radical (unpaired) electrons. The molecule has 0 fully saturated rings. The zero-order valence-corrected chi connectivity index (χ0v) is 17.9. The SMILES string of the molecule is Cc1cc(CS(C)(=O)=NC#N)cc(Nc2ncc(F)c(-c3ccc(F)c4ccoc34)n2)c1. The van der Waals surface area contributed by atoms with Gasteiger partial charge in [-0.15, -0.1) is 4.36 Å². The highest BCUT2D eigenvalue weighted by Crippen LogP contribution is 2.32. The predicted molar refractivity (Wildman–Crippen MR) is 117 cm³/mol. The Morgan fingerprint density at radius 2 is 2.03 bits per heavy atom. The number of nitrogens with one attached hydrogen (secondary N) is 1. The molecule has 4 aromatic rings. The Kier molecular flexibility index (Phi) is 5.59. The maximum absolute atomic E-state index is 14.6. The predicted octanol–water partition coefficient (Wildman–Crippen LogP) is 5.30. The van der Waals surface area contributed by atoms with Crippen LogP contribution >= 0.6 is 0 Å². The van der Waals surface area contributed by atoms with E-state index in [1.807, 2.05) is 19.1 Å². The first-order chi connectivity index (χ1) is 15.3. The monoisotopic (exact) mass is 453 g/mol. The van der Waals surface area contributed by atoms with Gasteiger partial charge < -0.3 is 9.73 Å². The summed E-state index contributed by atoms with van der Waals surface area (Å²) in [7, 11) is -2.69. The van der Waals surface area contributed by atoms with Crippen molar-refractivity contribution in [2.45, 2.75) is 12.7 Å². The maximum Gasteiger partial charge on any atom is 0.227 e. The fraction of sp³-hybridized carbons (Fsp3) is 0.136. The van der Waals surface area contributed by atoms with Gasteiger partial charge >= 0.3 is 0 Å². The third-order valence-corrected chi connectivity index (χ3v) is 5.96. The van der Waals surface area contributed by atoms with Gasteiger partial charge in [0.05, 0.1) is 33.3 Å². The maximum atomic E-state index is 14.6. The average Bonchev–Trinajstić information content (AvgIpc) is 3.20. The largest absolute Gasteiger partial charge is 0.464 e. The number of halogens is 2. The lowest BCUT2D eigenvalue weighted by Gasteiger charge is -2.11. The minimum atomic E-state index is -2.69. The Hall–Kier alpha value is -3.84. The summed E-state index contributed by atoms with van der Waals surface area (Å²) in [5.74, 6) is -0.957. The fourth-order valence-corrected chi connectivity index (χ4v) is 4.43. The second-order valence-corrected chi connectivity index (χ2v) is 9.67. The van der Waals surface area contributed by atoms with Gasteiger partial charge in [0.1, 0.15) is 17.1 Å². The molecule has 0 aliphatic carbocycles. The molecule has 1 N–H and O–H groups in total. The van der Waals surface area contributed by atoms with Crippen molar-refractivity contribution in [3.8, 4) is 17.5 Å². The van der Waals surface area contributed by atoms with Gasteiger partial charge in [-0.3, -0.25) is 0 Å². The van der Waals surface area contributed by atoms with Crippen molar-refractivity contribution in [1.29, 1.82) is 5.26 Å². The summed E-state index contributed by atoms with van der Waals surface area (Å²) < 4.78 is 49.7. The minimum Gasteiger partial charge on any atom is -0.464 e. The first-order valence-electron chi connectivity index (χ1n) is 9.40. The van der Waals surface area contributed by atoms with E-state index in [0.717, 1.165) is 11.8 Å². The smallest absolute Gasteiger partial charge is 0.227 e. The number of nitrogens with zero attached hydrogens (tertiary/aromatic N) is 4. The molecule has 0 bridgehead atoms. The molecule has 2 heterocycles. The lowest BCUT2D eigenvalue weighted by atomic mass is 10.1. The highest BCUT2D eigenvalue weighted by atomic mass is 32.2. The molecule has 0 spiro atoms. The second-order valence-electron chi connectivity index (χ2n) is 7.28. The molecule has 2 aromatic heterocycles. The number of rotatable bonds is 5. The van der Waals surface area contributed by atoms with Crippen LogP contribution in [0.25, 0.3) is 22.2 Å². The van der Waals surface area contributed by atoms with E-state index in [1.165, 1.54) is 30.7 Å². The van der Waals surface area contributed by atoms with Crippen LogP contribution in [0.3, 0.4) is 0 Å². The first kappa shape index (κ1) is 21.4. The van der Waals surface area contributed by atoms with E-state index >= 15 is 0 Å². The molecule has 1 unspecified atom stereocenters. The summed E-state index contributed by atoms with van der Waals surface area (Å²) in [5.41, 5.74) is 2.60. The molecule has 7 nitrogen and oxygen atoms in total. The molecule has 32 heavy (non-hydrogen) atoms. The van der Waals surface area contributed by atoms with Crippen LogP contribution in [-0.2, 0) is 15.5 Å². The number of furan rings is 1. The van der Waals surface area contributed by atoms with Crippen molar-refractivity contribution in [3.63, 3.8) is 0 Å². The zero-order valence-electron chi connectivity index (χ0n) is 17.1. The van der Waals surface area contributed by atoms with E-state index in [-0.39, 0.29) is 28.4 Å². The van der Waals surface area contributed by atoms with Gasteiger partial charge in [0.2, 0.25) is 12.1 Å². The molecule has 2 aromatic carbocycles. The lowest BCUT2D eigenvalue weighted by Crippen LogP contribution is -2.04. The Bertz CT molecular complexity index is 1500. The Morgan fingerprint density at radius 1 is 1.22 bits per heavy atom. The molecule has 0 amide bonds. The quantitative estimate of drug-likeness (QED) is 0.411. The minimum absolute atomic E-state index is 0.0419. The van der Waals surface area contributed by atoms with Crippen molar-refractivity contribution >= 4 is 32.3 Å². The third-order valence-electron chi connectivity index (χ3n) is 4.62. The molecular formula is C22H17F2N5O2S. The molecule has 0 aliphatic rings. The number of benzene rings is 2. The molecule has 0 saturated carbocycles. The van der Waals surface area contributed by atoms with Gasteiger partial charge in [0.25, 0.3) is 0 Å². The van der Waals surface area contributed by atoms with Gasteiger partial charge in [-0.1, -0.05) is 6.07 Å². The van der Waals surface area contributed by atoms with Crippen LogP contribution in [0.1, 0.15) is 11.1 Å². The number of fused-ring (bicyclic) bond motifs is 1. The van der Waals surface area contributed by atoms with Gasteiger partial charge in [0.15, 0.2) is 5.82 Å². The standard InChI is InChI=1S/C22H17F2N5O2S/c1-13-7-14(11-32(2,30)27-12-25)9-15(8-13)28-22-26-10-19(24)20(29-22)17-3-4-18(23)16-5-6-31-21(16)17/h3-10H,11H2,1-2H3,(H,26,28,29). The van der Waals surface area contributed by atoms with Crippen molar-refractivity contribution in [2.24, 2.45) is 4.36 Å². The van der Waals surface area contributed by atoms with Crippen LogP contribution in [-0.4, -0.2) is 20.4 Å². The van der Waals surface area contributed by atoms with Crippen molar-refractivity contribution in [1.82, 2.24) is 9.97 Å². The van der Waals surface area contributed by atoms with Crippen LogP contribution in [0.4, 0.5) is 20.4 Å². The summed E-state index contributed by atoms with van der Waals surface area (Å²) in [5, 5.41) is 11.9. The Morgan fingerprint density at radius 3 is 2.81 bits per heavy atom. The van der Waals surface area contributed by atoms with Crippen LogP contribution in [0, 0.1) is 30.0 Å². The molecule has 1 atom stereocenters. The van der Waals surface area contributed by atoms with Gasteiger partial charge in [0, 0.05) is 17.5 Å². The number of hydrogen-bond donors (Lipinski definition) is 1. The van der Waals surface area contributed by atoms with Gasteiger partial charge in [-0.25, -0.2) is 23.0 Å². The topological polar surface area (TPSA) is 104 Å². The molecule has 162 valence electrons. The number of hydrogen-bond acceptors (Lipinski definition) is 7. The lowest BCUT2D eigenvalue weighted by molar-refractivity contribution is 0.605. The van der Waals surface area contributed by atoms with Crippen LogP contribution in [0.2, 0.25) is 0 Å². The number of aromatic nitrogens is 2. The zero-order chi connectivity index (χ0) is 22.9. The molecule has 10 heteroatoms. The molecular weight excluding hydrogens is 436 g/mol. The number of nitriles is 1. The third kappa shape index (κ3) is 4.43. The summed E-state index contributed by atoms with van der Waals surface area (Å²) >= 11 is 0. The Balaban J connectivity index is 1.70. The van der Waals surface area contributed by atoms with E-state index in [2.05, 4.69) is 19.6 Å². The van der Waals surface area contributed by atoms with E-state index in [9.17, 15) is 13.0 Å². The Labute approximate surface area is 182 Å². The highest BCUT2D eigenvalue weighted by Gasteiger charge is 2.17. The molecule has 0 aliphatic heterocycles. The summed E-state index contributed by atoms with van der Waals surface area (Å²) in [4.78, 5) is 8.25. The summed E-state index contributed by atoms with van der Waals surface area (Å²) in [6, 6.07) is 9.48. The van der Waals surface area contributed by atoms with Crippen molar-refractivity contribution < 1.29 is 17.4 Å². The van der Waals surface area contributed by atoms with E-state index in [4.69, 9.17) is 9.68 Å². The van der Waals surface area contributed by atoms with E-state index in [0.29, 0.717) is 16.8 Å². The normalized spacial score (nSPS) is 12.8. The summed E-state index contributed by atoms with van der Waals surface area (Å²) in [6.45, 7) is 1.86. The first-order valence-corrected chi connectivity index (χ1v) is 11.5. The molecule has 4 rings (SSSR count). The number of anilines is 2. The van der Waals surface area contributed by atoms with Crippen LogP contribution in [0.5, 0.6) is 0 Å². The second kappa shape index (κ2) is 8.36. The van der Waals surface area contributed by atoms with Crippen LogP contribution < -0.4 is 5.32 Å². The average molecular weight is 453 g/mol. The van der Waals surface area contributed by atoms with E-state index in [1.54, 1.807) is 12.3 Å². The van der Waals surface area contributed by atoms with Crippen molar-refractivity contribution in [3.05, 3.63) is 71.6 Å². The summed E-state index contributed by atoms with van der Waals surface area (Å²) in [6.07, 6.45) is 5.35. The molecule has 0 saturated heterocycles. The highest BCUT2D eigenvalue weighted by molar-refractivity contribution is 7.92. The van der Waals surface area contributed by atoms with Gasteiger partial charge in [-0.2, -0.15) is 5.26 Å². The van der Waals surface area contributed by atoms with Crippen LogP contribution in [0.15, 0.2) is 57.6 Å². The van der Waals surface area contributed by atoms with Crippen molar-refractivity contribution in [2.75, 3.05) is 11.6 Å². The fourth-order valence-electron chi connectivity index (χ4n) is 3.41. The van der Waals surface area contributed by atoms with Gasteiger partial charge in [-0.05, 0) is 48.4 Å². The van der Waals surface area contributed by atoms with E-state index < -0.39 is 21.4 Å². The number of aryl methyl sites for hydroxylation is 1.